The van der Waals surface area contributed by atoms with Crippen LogP contribution in [0.2, 0.25) is 0 Å². The minimum absolute atomic E-state index is 0.170. The molecule has 0 aromatic rings. The van der Waals surface area contributed by atoms with Crippen molar-refractivity contribution < 1.29 is 20.1 Å². The van der Waals surface area contributed by atoms with Crippen molar-refractivity contribution in [2.24, 2.45) is 56.7 Å². The van der Waals surface area contributed by atoms with Crippen molar-refractivity contribution in [1.29, 1.82) is 0 Å². The van der Waals surface area contributed by atoms with Gasteiger partial charge in [0, 0.05) is 22.7 Å². The van der Waals surface area contributed by atoms with Gasteiger partial charge in [0.05, 0.1) is 18.3 Å². The van der Waals surface area contributed by atoms with Crippen LogP contribution >= 0.6 is 0 Å². The second-order valence-electron chi connectivity index (χ2n) is 14.5. The van der Waals surface area contributed by atoms with Crippen molar-refractivity contribution in [3.05, 3.63) is 11.6 Å². The molecule has 34 heavy (non-hydrogen) atoms. The molecule has 4 fully saturated rings. The fourth-order valence-corrected chi connectivity index (χ4v) is 10.8. The highest BCUT2D eigenvalue weighted by Crippen LogP contribution is 2.75. The molecule has 3 N–H and O–H groups in total. The second-order valence-corrected chi connectivity index (χ2v) is 14.5. The van der Waals surface area contributed by atoms with Gasteiger partial charge in [-0.2, -0.15) is 0 Å². The maximum atomic E-state index is 12.6. The lowest BCUT2D eigenvalue weighted by atomic mass is 9.32. The highest BCUT2D eigenvalue weighted by Gasteiger charge is 2.72. The van der Waals surface area contributed by atoms with E-state index in [1.807, 2.05) is 0 Å². The van der Waals surface area contributed by atoms with E-state index in [1.54, 1.807) is 0 Å². The fraction of sp³-hybridized carbons (Fsp3) is 0.900. The number of carbonyl (C=O) groups is 1. The summed E-state index contributed by atoms with van der Waals surface area (Å²) in [6.07, 6.45) is 7.74. The van der Waals surface area contributed by atoms with E-state index in [2.05, 4.69) is 54.5 Å². The van der Waals surface area contributed by atoms with Crippen LogP contribution in [0.25, 0.3) is 0 Å². The highest BCUT2D eigenvalue weighted by molar-refractivity contribution is 5.63. The van der Waals surface area contributed by atoms with E-state index >= 15 is 0 Å². The molecule has 4 saturated carbocycles. The molecule has 0 saturated heterocycles. The van der Waals surface area contributed by atoms with Crippen molar-refractivity contribution in [3.8, 4) is 0 Å². The standard InChI is InChI=1S/C30H48O4/c1-17-10-13-30(16-31)15-24(34)29(7)19(25(30)18(17)2)8-9-21-27(29,5)12-11-20-26(3,4)22(32)14-23(33)28(20,21)6/h8,16-18,20-25,32-34H,9-15H2,1-7H3/t17-,18+,20?,21?,22+,23-,24+,25+,27-,28+,29+,30-/m1/s1. The molecular weight excluding hydrogens is 424 g/mol. The van der Waals surface area contributed by atoms with Crippen molar-refractivity contribution >= 4 is 6.29 Å². The van der Waals surface area contributed by atoms with Gasteiger partial charge in [0.1, 0.15) is 6.29 Å². The third-order valence-electron chi connectivity index (χ3n) is 13.4. The van der Waals surface area contributed by atoms with Gasteiger partial charge in [-0.1, -0.05) is 60.1 Å². The lowest BCUT2D eigenvalue weighted by Crippen LogP contribution is -2.70. The lowest BCUT2D eigenvalue weighted by molar-refractivity contribution is -0.255. The molecule has 0 amide bonds. The largest absolute Gasteiger partial charge is 0.392 e. The number of carbonyl (C=O) groups excluding carboxylic acids is 1. The molecule has 4 heteroatoms. The van der Waals surface area contributed by atoms with Crippen LogP contribution in [0.3, 0.4) is 0 Å². The molecule has 0 aliphatic heterocycles. The predicted octanol–water partition coefficient (Wildman–Crippen LogP) is 5.15. The van der Waals surface area contributed by atoms with E-state index in [4.69, 9.17) is 0 Å². The van der Waals surface area contributed by atoms with Crippen molar-refractivity contribution in [2.45, 2.75) is 112 Å². The molecule has 0 bridgehead atoms. The Morgan fingerprint density at radius 3 is 2.24 bits per heavy atom. The Kier molecular flexibility index (Phi) is 5.44. The number of hydrogen-bond acceptors (Lipinski definition) is 4. The van der Waals surface area contributed by atoms with Gasteiger partial charge in [-0.05, 0) is 78.9 Å². The molecule has 192 valence electrons. The van der Waals surface area contributed by atoms with E-state index in [-0.39, 0.29) is 34.0 Å². The monoisotopic (exact) mass is 472 g/mol. The van der Waals surface area contributed by atoms with Crippen LogP contribution in [0.15, 0.2) is 11.6 Å². The van der Waals surface area contributed by atoms with Gasteiger partial charge in [0.25, 0.3) is 0 Å². The molecule has 0 spiro atoms. The normalized spacial score (nSPS) is 58.5. The third kappa shape index (κ3) is 2.69. The molecule has 5 aliphatic carbocycles. The molecular formula is C30H48O4. The predicted molar refractivity (Wildman–Crippen MR) is 134 cm³/mol. The first-order chi connectivity index (χ1) is 15.7. The van der Waals surface area contributed by atoms with Crippen LogP contribution in [-0.4, -0.2) is 39.9 Å². The summed E-state index contributed by atoms with van der Waals surface area (Å²) in [4.78, 5) is 12.6. The topological polar surface area (TPSA) is 77.8 Å². The molecule has 12 atom stereocenters. The Morgan fingerprint density at radius 2 is 1.59 bits per heavy atom. The lowest BCUT2D eigenvalue weighted by Gasteiger charge is -2.72. The van der Waals surface area contributed by atoms with E-state index < -0.39 is 29.1 Å². The molecule has 4 nitrogen and oxygen atoms in total. The van der Waals surface area contributed by atoms with Gasteiger partial charge in [-0.25, -0.2) is 0 Å². The summed E-state index contributed by atoms with van der Waals surface area (Å²) in [6, 6.07) is 0. The summed E-state index contributed by atoms with van der Waals surface area (Å²) in [6.45, 7) is 16.0. The summed E-state index contributed by atoms with van der Waals surface area (Å²) in [5.74, 6) is 1.64. The van der Waals surface area contributed by atoms with Gasteiger partial charge >= 0.3 is 0 Å². The molecule has 0 aromatic heterocycles. The average molecular weight is 473 g/mol. The molecule has 0 heterocycles. The molecule has 0 aromatic carbocycles. The quantitative estimate of drug-likeness (QED) is 0.364. The van der Waals surface area contributed by atoms with Gasteiger partial charge in [0.15, 0.2) is 0 Å². The first-order valence-corrected chi connectivity index (χ1v) is 13.9. The van der Waals surface area contributed by atoms with Gasteiger partial charge in [-0.3, -0.25) is 0 Å². The first kappa shape index (κ1) is 25.0. The zero-order valence-electron chi connectivity index (χ0n) is 22.5. The van der Waals surface area contributed by atoms with E-state index in [0.29, 0.717) is 24.7 Å². The van der Waals surface area contributed by atoms with Crippen molar-refractivity contribution in [1.82, 2.24) is 0 Å². The minimum atomic E-state index is -0.562. The second kappa shape index (κ2) is 7.42. The van der Waals surface area contributed by atoms with Crippen molar-refractivity contribution in [3.63, 3.8) is 0 Å². The smallest absolute Gasteiger partial charge is 0.126 e. The highest BCUT2D eigenvalue weighted by atomic mass is 16.3. The summed E-state index contributed by atoms with van der Waals surface area (Å²) in [5, 5.41) is 34.4. The number of rotatable bonds is 1. The number of fused-ring (bicyclic) bond motifs is 7. The maximum Gasteiger partial charge on any atom is 0.126 e. The van der Waals surface area contributed by atoms with Crippen LogP contribution in [0, 0.1) is 56.7 Å². The Hall–Kier alpha value is -0.710. The zero-order chi connectivity index (χ0) is 25.1. The Labute approximate surface area is 206 Å². The Balaban J connectivity index is 1.66. The summed E-state index contributed by atoms with van der Waals surface area (Å²) < 4.78 is 0. The summed E-state index contributed by atoms with van der Waals surface area (Å²) in [5.41, 5.74) is -0.251. The maximum absolute atomic E-state index is 12.6. The first-order valence-electron chi connectivity index (χ1n) is 13.9. The zero-order valence-corrected chi connectivity index (χ0v) is 22.5. The van der Waals surface area contributed by atoms with E-state index in [9.17, 15) is 20.1 Å². The fourth-order valence-electron chi connectivity index (χ4n) is 10.8. The van der Waals surface area contributed by atoms with Gasteiger partial charge in [-0.15, -0.1) is 0 Å². The molecule has 5 rings (SSSR count). The Morgan fingerprint density at radius 1 is 0.912 bits per heavy atom. The van der Waals surface area contributed by atoms with Crippen LogP contribution in [-0.2, 0) is 4.79 Å². The Bertz CT molecular complexity index is 894. The SMILES string of the molecule is C[C@H]1[C@H](C)CC[C@]2(C=O)C[C@H](O)[C@]3(C)C(=CCC4[C@]5(C)C(CC[C@]43C)C(C)(C)[C@@H](O)C[C@H]5O)[C@H]12. The van der Waals surface area contributed by atoms with Crippen molar-refractivity contribution in [2.75, 3.05) is 0 Å². The van der Waals surface area contributed by atoms with E-state index in [1.165, 1.54) is 11.9 Å². The number of aliphatic hydroxyl groups excluding tert-OH is 3. The number of aliphatic hydroxyl groups is 3. The summed E-state index contributed by atoms with van der Waals surface area (Å²) >= 11 is 0. The van der Waals surface area contributed by atoms with Gasteiger partial charge in [0.2, 0.25) is 0 Å². The van der Waals surface area contributed by atoms with Crippen LogP contribution in [0.1, 0.15) is 93.4 Å². The van der Waals surface area contributed by atoms with Crippen LogP contribution in [0.5, 0.6) is 0 Å². The average Bonchev–Trinajstić information content (AvgIpc) is 2.77. The third-order valence-corrected chi connectivity index (χ3v) is 13.4. The summed E-state index contributed by atoms with van der Waals surface area (Å²) in [7, 11) is 0. The van der Waals surface area contributed by atoms with E-state index in [0.717, 1.165) is 32.1 Å². The molecule has 0 radical (unpaired) electrons. The number of hydrogen-bond donors (Lipinski definition) is 3. The molecule has 5 aliphatic rings. The van der Waals surface area contributed by atoms with Gasteiger partial charge < -0.3 is 20.1 Å². The number of allylic oxidation sites excluding steroid dienone is 1. The molecule has 2 unspecified atom stereocenters. The van der Waals surface area contributed by atoms with Crippen LogP contribution < -0.4 is 0 Å². The minimum Gasteiger partial charge on any atom is -0.392 e. The van der Waals surface area contributed by atoms with Crippen LogP contribution in [0.4, 0.5) is 0 Å². The number of aldehydes is 1.